The summed E-state index contributed by atoms with van der Waals surface area (Å²) in [7, 11) is 0. The molecule has 1 heterocycles. The average molecular weight is 239 g/mol. The number of rotatable bonds is 6. The van der Waals surface area contributed by atoms with Crippen LogP contribution in [-0.2, 0) is 11.3 Å². The first-order valence-corrected chi connectivity index (χ1v) is 5.98. The summed E-state index contributed by atoms with van der Waals surface area (Å²) >= 11 is 0. The minimum absolute atomic E-state index is 0.0118. The van der Waals surface area contributed by atoms with Crippen LogP contribution in [0.1, 0.15) is 31.2 Å². The molecule has 0 aliphatic heterocycles. The van der Waals surface area contributed by atoms with E-state index in [1.165, 1.54) is 0 Å². The predicted octanol–water partition coefficient (Wildman–Crippen LogP) is 0.777. The van der Waals surface area contributed by atoms with E-state index in [0.29, 0.717) is 13.0 Å². The van der Waals surface area contributed by atoms with Crippen LogP contribution in [0, 0.1) is 13.8 Å². The van der Waals surface area contributed by atoms with Crippen molar-refractivity contribution >= 4 is 5.91 Å². The van der Waals surface area contributed by atoms with Crippen molar-refractivity contribution < 1.29 is 9.90 Å². The number of carbonyl (C=O) groups is 1. The van der Waals surface area contributed by atoms with Gasteiger partial charge in [0.25, 0.3) is 0 Å². The highest BCUT2D eigenvalue weighted by atomic mass is 16.3. The molecule has 0 saturated carbocycles. The summed E-state index contributed by atoms with van der Waals surface area (Å²) in [6.07, 6.45) is 1.13. The second kappa shape index (κ2) is 6.39. The Morgan fingerprint density at radius 1 is 1.59 bits per heavy atom. The van der Waals surface area contributed by atoms with Crippen molar-refractivity contribution in [2.45, 2.75) is 46.2 Å². The van der Waals surface area contributed by atoms with Gasteiger partial charge in [-0.3, -0.25) is 9.48 Å². The number of hydrogen-bond acceptors (Lipinski definition) is 3. The van der Waals surface area contributed by atoms with E-state index in [9.17, 15) is 4.79 Å². The standard InChI is InChI=1S/C12H21N3O2/c1-4-11(8-16)13-12(17)5-6-15-10(3)7-9(2)14-15/h7,11,16H,4-6,8H2,1-3H3,(H,13,17). The van der Waals surface area contributed by atoms with Crippen molar-refractivity contribution in [3.05, 3.63) is 17.5 Å². The number of carbonyl (C=O) groups excluding carboxylic acids is 1. The van der Waals surface area contributed by atoms with Gasteiger partial charge < -0.3 is 10.4 Å². The van der Waals surface area contributed by atoms with Crippen LogP contribution >= 0.6 is 0 Å². The topological polar surface area (TPSA) is 67.2 Å². The van der Waals surface area contributed by atoms with Crippen molar-refractivity contribution in [2.24, 2.45) is 0 Å². The van der Waals surface area contributed by atoms with Gasteiger partial charge in [0, 0.05) is 18.7 Å². The van der Waals surface area contributed by atoms with Crippen molar-refractivity contribution in [2.75, 3.05) is 6.61 Å². The highest BCUT2D eigenvalue weighted by molar-refractivity contribution is 5.76. The van der Waals surface area contributed by atoms with Gasteiger partial charge in [-0.05, 0) is 26.3 Å². The van der Waals surface area contributed by atoms with E-state index in [1.807, 2.05) is 31.5 Å². The molecule has 1 unspecified atom stereocenters. The lowest BCUT2D eigenvalue weighted by molar-refractivity contribution is -0.122. The summed E-state index contributed by atoms with van der Waals surface area (Å²) in [4.78, 5) is 11.6. The third-order valence-electron chi connectivity index (χ3n) is 2.73. The van der Waals surface area contributed by atoms with Crippen molar-refractivity contribution in [1.29, 1.82) is 0 Å². The lowest BCUT2D eigenvalue weighted by atomic mass is 10.2. The molecule has 0 aliphatic rings. The first-order chi connectivity index (χ1) is 8.06. The molecule has 0 radical (unpaired) electrons. The van der Waals surface area contributed by atoms with Gasteiger partial charge in [0.1, 0.15) is 0 Å². The van der Waals surface area contributed by atoms with Crippen molar-refractivity contribution in [3.63, 3.8) is 0 Å². The van der Waals surface area contributed by atoms with Crippen LogP contribution in [0.2, 0.25) is 0 Å². The SMILES string of the molecule is CCC(CO)NC(=O)CCn1nc(C)cc1C. The van der Waals surface area contributed by atoms with Gasteiger partial charge in [0.05, 0.1) is 18.3 Å². The Kier molecular flexibility index (Phi) is 5.15. The molecule has 0 spiro atoms. The number of nitrogens with zero attached hydrogens (tertiary/aromatic N) is 2. The van der Waals surface area contributed by atoms with Crippen LogP contribution in [0.5, 0.6) is 0 Å². The molecule has 1 rings (SSSR count). The molecule has 17 heavy (non-hydrogen) atoms. The van der Waals surface area contributed by atoms with Gasteiger partial charge in [0.15, 0.2) is 0 Å². The molecule has 1 aromatic rings. The fourth-order valence-electron chi connectivity index (χ4n) is 1.69. The minimum atomic E-state index is -0.136. The molecular formula is C12H21N3O2. The fourth-order valence-corrected chi connectivity index (χ4v) is 1.69. The molecule has 0 bridgehead atoms. The third kappa shape index (κ3) is 4.19. The lowest BCUT2D eigenvalue weighted by Crippen LogP contribution is -2.37. The summed E-state index contributed by atoms with van der Waals surface area (Å²) < 4.78 is 1.83. The van der Waals surface area contributed by atoms with Crippen LogP contribution in [0.15, 0.2) is 6.07 Å². The monoisotopic (exact) mass is 239 g/mol. The average Bonchev–Trinajstić information content (AvgIpc) is 2.62. The zero-order valence-corrected chi connectivity index (χ0v) is 10.7. The molecule has 2 N–H and O–H groups in total. The summed E-state index contributed by atoms with van der Waals surface area (Å²) in [6, 6.07) is 1.85. The molecule has 0 saturated heterocycles. The molecule has 5 heteroatoms. The summed E-state index contributed by atoms with van der Waals surface area (Å²) in [6.45, 7) is 6.40. The Balaban J connectivity index is 2.40. The molecular weight excluding hydrogens is 218 g/mol. The highest BCUT2D eigenvalue weighted by Gasteiger charge is 2.09. The number of aliphatic hydroxyl groups is 1. The molecule has 5 nitrogen and oxygen atoms in total. The zero-order valence-electron chi connectivity index (χ0n) is 10.7. The number of amides is 1. The summed E-state index contributed by atoms with van der Waals surface area (Å²) in [5.74, 6) is -0.0431. The number of nitrogens with one attached hydrogen (secondary N) is 1. The minimum Gasteiger partial charge on any atom is -0.394 e. The molecule has 0 fully saturated rings. The smallest absolute Gasteiger partial charge is 0.222 e. The zero-order chi connectivity index (χ0) is 12.8. The maximum absolute atomic E-state index is 11.6. The number of hydrogen-bond donors (Lipinski definition) is 2. The Morgan fingerprint density at radius 3 is 2.76 bits per heavy atom. The molecule has 1 amide bonds. The van der Waals surface area contributed by atoms with Gasteiger partial charge in [-0.2, -0.15) is 5.10 Å². The van der Waals surface area contributed by atoms with Crippen molar-refractivity contribution in [1.82, 2.24) is 15.1 Å². The van der Waals surface area contributed by atoms with Crippen LogP contribution in [0.3, 0.4) is 0 Å². The van der Waals surface area contributed by atoms with E-state index in [4.69, 9.17) is 5.11 Å². The lowest BCUT2D eigenvalue weighted by Gasteiger charge is -2.14. The Bertz CT molecular complexity index is 370. The second-order valence-electron chi connectivity index (χ2n) is 4.26. The molecule has 1 aromatic heterocycles. The Morgan fingerprint density at radius 2 is 2.29 bits per heavy atom. The first kappa shape index (κ1) is 13.7. The maximum Gasteiger partial charge on any atom is 0.222 e. The van der Waals surface area contributed by atoms with Gasteiger partial charge in [-0.1, -0.05) is 6.92 Å². The van der Waals surface area contributed by atoms with E-state index in [-0.39, 0.29) is 18.6 Å². The molecule has 0 aliphatic carbocycles. The van der Waals surface area contributed by atoms with E-state index < -0.39 is 0 Å². The number of aliphatic hydroxyl groups excluding tert-OH is 1. The van der Waals surface area contributed by atoms with Gasteiger partial charge in [-0.15, -0.1) is 0 Å². The van der Waals surface area contributed by atoms with E-state index in [2.05, 4.69) is 10.4 Å². The van der Waals surface area contributed by atoms with Gasteiger partial charge in [0.2, 0.25) is 5.91 Å². The van der Waals surface area contributed by atoms with Crippen LogP contribution in [0.25, 0.3) is 0 Å². The van der Waals surface area contributed by atoms with Crippen LogP contribution in [0.4, 0.5) is 0 Å². The number of aromatic nitrogens is 2. The third-order valence-corrected chi connectivity index (χ3v) is 2.73. The van der Waals surface area contributed by atoms with Gasteiger partial charge >= 0.3 is 0 Å². The predicted molar refractivity (Wildman–Crippen MR) is 65.6 cm³/mol. The normalized spacial score (nSPS) is 12.5. The summed E-state index contributed by atoms with van der Waals surface area (Å²) in [5.41, 5.74) is 2.02. The maximum atomic E-state index is 11.6. The van der Waals surface area contributed by atoms with E-state index in [0.717, 1.165) is 17.8 Å². The second-order valence-corrected chi connectivity index (χ2v) is 4.26. The molecule has 0 aromatic carbocycles. The van der Waals surface area contributed by atoms with Crippen molar-refractivity contribution in [3.8, 4) is 0 Å². The van der Waals surface area contributed by atoms with E-state index >= 15 is 0 Å². The Labute approximate surface area is 102 Å². The fraction of sp³-hybridized carbons (Fsp3) is 0.667. The number of aryl methyl sites for hydroxylation is 3. The molecule has 1 atom stereocenters. The highest BCUT2D eigenvalue weighted by Crippen LogP contribution is 2.02. The first-order valence-electron chi connectivity index (χ1n) is 5.98. The van der Waals surface area contributed by atoms with Crippen LogP contribution in [-0.4, -0.2) is 33.4 Å². The largest absolute Gasteiger partial charge is 0.394 e. The quantitative estimate of drug-likeness (QED) is 0.770. The van der Waals surface area contributed by atoms with E-state index in [1.54, 1.807) is 0 Å². The molecule has 96 valence electrons. The van der Waals surface area contributed by atoms with Gasteiger partial charge in [-0.25, -0.2) is 0 Å². The Hall–Kier alpha value is -1.36. The van der Waals surface area contributed by atoms with Crippen LogP contribution < -0.4 is 5.32 Å². The summed E-state index contributed by atoms with van der Waals surface area (Å²) in [5, 5.41) is 16.0.